The second-order valence-electron chi connectivity index (χ2n) is 6.09. The number of ether oxygens (including phenoxy) is 1. The van der Waals surface area contributed by atoms with Gasteiger partial charge >= 0.3 is 0 Å². The second-order valence-corrected chi connectivity index (χ2v) is 6.09. The molecule has 0 radical (unpaired) electrons. The lowest BCUT2D eigenvalue weighted by Gasteiger charge is -2.29. The van der Waals surface area contributed by atoms with Gasteiger partial charge in [-0.05, 0) is 19.7 Å². The normalized spacial score (nSPS) is 19.6. The zero-order valence-electron chi connectivity index (χ0n) is 13.9. The number of rotatable bonds is 5. The van der Waals surface area contributed by atoms with Gasteiger partial charge in [0.15, 0.2) is 5.60 Å². The van der Waals surface area contributed by atoms with Crippen molar-refractivity contribution >= 4 is 23.8 Å². The second kappa shape index (κ2) is 7.65. The highest BCUT2D eigenvalue weighted by Crippen LogP contribution is 2.41. The van der Waals surface area contributed by atoms with Crippen LogP contribution in [0.5, 0.6) is 0 Å². The van der Waals surface area contributed by atoms with E-state index in [0.717, 1.165) is 17.7 Å². The molecule has 0 N–H and O–H groups in total. The summed E-state index contributed by atoms with van der Waals surface area (Å²) in [6.07, 6.45) is 2.25. The fraction of sp³-hybridized carbons (Fsp3) is 0.250. The van der Waals surface area contributed by atoms with Gasteiger partial charge in [0.2, 0.25) is 5.78 Å². The highest BCUT2D eigenvalue weighted by Gasteiger charge is 2.47. The molecule has 1 aliphatic rings. The van der Waals surface area contributed by atoms with Crippen molar-refractivity contribution in [3.8, 4) is 0 Å². The first-order valence-electron chi connectivity index (χ1n) is 7.82. The summed E-state index contributed by atoms with van der Waals surface area (Å²) in [6, 6.07) is 19.5. The molecule has 0 saturated carbocycles. The third-order valence-corrected chi connectivity index (χ3v) is 4.23. The number of Topliss-reactive ketones (excluding diaryl/α,β-unsaturated/α-hetero) is 1. The lowest BCUT2D eigenvalue weighted by Crippen LogP contribution is -2.37. The van der Waals surface area contributed by atoms with Crippen molar-refractivity contribution in [1.82, 2.24) is 4.90 Å². The van der Waals surface area contributed by atoms with Crippen LogP contribution in [0.2, 0.25) is 0 Å². The maximum absolute atomic E-state index is 13.2. The molecule has 0 amide bonds. The summed E-state index contributed by atoms with van der Waals surface area (Å²) >= 11 is 0. The van der Waals surface area contributed by atoms with Crippen LogP contribution in [0.25, 0.3) is 5.57 Å². The molecule has 4 heteroatoms. The molecule has 24 heavy (non-hydrogen) atoms. The summed E-state index contributed by atoms with van der Waals surface area (Å²) in [5.41, 5.74) is 1.54. The Bertz CT molecular complexity index is 713. The molecule has 0 bridgehead atoms. The number of nitrogens with zero attached hydrogens (tertiary/aromatic N) is 1. The van der Waals surface area contributed by atoms with E-state index in [1.807, 2.05) is 74.8 Å². The Morgan fingerprint density at radius 1 is 0.958 bits per heavy atom. The van der Waals surface area contributed by atoms with Gasteiger partial charge in [-0.2, -0.15) is 0 Å². The third-order valence-electron chi connectivity index (χ3n) is 4.23. The van der Waals surface area contributed by atoms with E-state index in [9.17, 15) is 4.79 Å². The van der Waals surface area contributed by atoms with Crippen LogP contribution in [0.1, 0.15) is 17.5 Å². The summed E-state index contributed by atoms with van der Waals surface area (Å²) in [6.45, 7) is 0.774. The van der Waals surface area contributed by atoms with Gasteiger partial charge in [-0.1, -0.05) is 60.7 Å². The van der Waals surface area contributed by atoms with Gasteiger partial charge < -0.3 is 9.64 Å². The van der Waals surface area contributed by atoms with Gasteiger partial charge in [0.1, 0.15) is 0 Å². The molecule has 0 aromatic heterocycles. The number of ketones is 1. The van der Waals surface area contributed by atoms with Crippen LogP contribution < -0.4 is 0 Å². The smallest absolute Gasteiger partial charge is 0.214 e. The van der Waals surface area contributed by atoms with Gasteiger partial charge in [-0.15, -0.1) is 12.4 Å². The number of benzene rings is 2. The number of carbonyl (C=O) groups excluding carboxylic acids is 1. The van der Waals surface area contributed by atoms with E-state index in [0.29, 0.717) is 12.0 Å². The van der Waals surface area contributed by atoms with Crippen molar-refractivity contribution < 1.29 is 9.53 Å². The number of hydrogen-bond donors (Lipinski definition) is 0. The maximum atomic E-state index is 13.2. The van der Waals surface area contributed by atoms with Crippen molar-refractivity contribution in [3.05, 3.63) is 78.1 Å². The predicted molar refractivity (Wildman–Crippen MR) is 99.1 cm³/mol. The molecule has 1 unspecified atom stereocenters. The molecule has 1 aliphatic heterocycles. The zero-order valence-corrected chi connectivity index (χ0v) is 14.8. The first-order valence-corrected chi connectivity index (χ1v) is 7.82. The minimum absolute atomic E-state index is 0. The number of hydrogen-bond acceptors (Lipinski definition) is 3. The van der Waals surface area contributed by atoms with Crippen LogP contribution in [0.4, 0.5) is 0 Å². The molecule has 0 aliphatic carbocycles. The first-order chi connectivity index (χ1) is 11.1. The molecule has 3 rings (SSSR count). The fourth-order valence-electron chi connectivity index (χ4n) is 2.91. The summed E-state index contributed by atoms with van der Waals surface area (Å²) in [4.78, 5) is 15.3. The molecule has 0 fully saturated rings. The molecular formula is C20H22ClNO2. The number of carbonyl (C=O) groups is 1. The summed E-state index contributed by atoms with van der Waals surface area (Å²) in [5.74, 6) is 0.0387. The maximum Gasteiger partial charge on any atom is 0.214 e. The van der Waals surface area contributed by atoms with Crippen molar-refractivity contribution in [2.45, 2.75) is 12.0 Å². The van der Waals surface area contributed by atoms with Crippen molar-refractivity contribution in [1.29, 1.82) is 0 Å². The molecule has 0 spiro atoms. The van der Waals surface area contributed by atoms with Gasteiger partial charge in [-0.25, -0.2) is 0 Å². The SMILES string of the molecule is CN(C)CCC1(c2ccccc2)OC=C(c2ccccc2)C1=O.Cl. The largest absolute Gasteiger partial charge is 0.481 e. The van der Waals surface area contributed by atoms with E-state index in [4.69, 9.17) is 4.74 Å². The summed E-state index contributed by atoms with van der Waals surface area (Å²) < 4.78 is 6.02. The monoisotopic (exact) mass is 343 g/mol. The van der Waals surface area contributed by atoms with Crippen molar-refractivity contribution in [2.24, 2.45) is 0 Å². The van der Waals surface area contributed by atoms with Crippen LogP contribution in [0.15, 0.2) is 66.9 Å². The summed E-state index contributed by atoms with van der Waals surface area (Å²) in [5, 5.41) is 0. The Morgan fingerprint density at radius 2 is 1.54 bits per heavy atom. The van der Waals surface area contributed by atoms with E-state index in [-0.39, 0.29) is 18.2 Å². The Kier molecular flexibility index (Phi) is 5.81. The predicted octanol–water partition coefficient (Wildman–Crippen LogP) is 3.90. The van der Waals surface area contributed by atoms with Crippen LogP contribution in [0.3, 0.4) is 0 Å². The van der Waals surface area contributed by atoms with E-state index < -0.39 is 5.60 Å². The Hall–Kier alpha value is -2.10. The number of halogens is 1. The van der Waals surface area contributed by atoms with Gasteiger partial charge in [0.25, 0.3) is 0 Å². The fourth-order valence-corrected chi connectivity index (χ4v) is 2.91. The van der Waals surface area contributed by atoms with Crippen LogP contribution >= 0.6 is 12.4 Å². The molecule has 2 aromatic rings. The molecule has 3 nitrogen and oxygen atoms in total. The highest BCUT2D eigenvalue weighted by atomic mass is 35.5. The van der Waals surface area contributed by atoms with Gasteiger partial charge in [0.05, 0.1) is 11.8 Å². The molecular weight excluding hydrogens is 322 g/mol. The van der Waals surface area contributed by atoms with Gasteiger partial charge in [-0.3, -0.25) is 4.79 Å². The Morgan fingerprint density at radius 3 is 2.12 bits per heavy atom. The van der Waals surface area contributed by atoms with Crippen LogP contribution in [0, 0.1) is 0 Å². The minimum atomic E-state index is -0.920. The first kappa shape index (κ1) is 18.2. The molecule has 0 saturated heterocycles. The van der Waals surface area contributed by atoms with Crippen LogP contribution in [-0.4, -0.2) is 31.3 Å². The molecule has 2 aromatic carbocycles. The van der Waals surface area contributed by atoms with Crippen molar-refractivity contribution in [2.75, 3.05) is 20.6 Å². The standard InChI is InChI=1S/C20H21NO2.ClH/c1-21(2)14-13-20(17-11-7-4-8-12-17)19(22)18(15-23-20)16-9-5-3-6-10-16;/h3-12,15H,13-14H2,1-2H3;1H. The summed E-state index contributed by atoms with van der Waals surface area (Å²) in [7, 11) is 4.01. The highest BCUT2D eigenvalue weighted by molar-refractivity contribution is 6.26. The average Bonchev–Trinajstić information content (AvgIpc) is 2.92. The van der Waals surface area contributed by atoms with Crippen LogP contribution in [-0.2, 0) is 15.1 Å². The molecule has 1 atom stereocenters. The average molecular weight is 344 g/mol. The lowest BCUT2D eigenvalue weighted by molar-refractivity contribution is -0.130. The quantitative estimate of drug-likeness (QED) is 0.824. The molecule has 126 valence electrons. The van der Waals surface area contributed by atoms with E-state index in [2.05, 4.69) is 4.90 Å². The Balaban J connectivity index is 0.00000208. The minimum Gasteiger partial charge on any atom is -0.481 e. The van der Waals surface area contributed by atoms with E-state index in [1.54, 1.807) is 6.26 Å². The molecule has 1 heterocycles. The zero-order chi connectivity index (χ0) is 16.3. The van der Waals surface area contributed by atoms with Gasteiger partial charge in [0, 0.05) is 18.5 Å². The third kappa shape index (κ3) is 3.37. The van der Waals surface area contributed by atoms with E-state index >= 15 is 0 Å². The topological polar surface area (TPSA) is 29.5 Å². The lowest BCUT2D eigenvalue weighted by atomic mass is 9.83. The van der Waals surface area contributed by atoms with Crippen molar-refractivity contribution in [3.63, 3.8) is 0 Å². The van der Waals surface area contributed by atoms with E-state index in [1.165, 1.54) is 0 Å². The Labute approximate surface area is 149 Å².